The number of thiophene rings is 3. The van der Waals surface area contributed by atoms with E-state index in [0.29, 0.717) is 0 Å². The first-order valence-electron chi connectivity index (χ1n) is 12.8. The number of rotatable bonds is 18. The Hall–Kier alpha value is -1.08. The van der Waals surface area contributed by atoms with Gasteiger partial charge in [-0.1, -0.05) is 18.2 Å². The minimum atomic E-state index is -0.794. The van der Waals surface area contributed by atoms with Crippen LogP contribution in [0, 0.1) is 0 Å². The largest absolute Gasteiger partial charge is 0.640 e. The Labute approximate surface area is 235 Å². The Morgan fingerprint density at radius 3 is 1.08 bits per heavy atom. The van der Waals surface area contributed by atoms with E-state index >= 15 is 0 Å². The highest BCUT2D eigenvalue weighted by atomic mass is 32.1. The molecule has 0 aliphatic rings. The molecule has 0 N–H and O–H groups in total. The lowest BCUT2D eigenvalue weighted by molar-refractivity contribution is -0.00149. The molecule has 3 aromatic heterocycles. The minimum Gasteiger partial charge on any atom is -0.378 e. The third-order valence-electron chi connectivity index (χ3n) is 5.92. The maximum atomic E-state index is 6.74. The van der Waals surface area contributed by atoms with Crippen LogP contribution in [0.25, 0.3) is 0 Å². The van der Waals surface area contributed by atoms with E-state index < -0.39 is 7.32 Å². The normalized spacial score (nSPS) is 14.5. The van der Waals surface area contributed by atoms with Crippen molar-refractivity contribution >= 4 is 41.3 Å². The van der Waals surface area contributed by atoms with Gasteiger partial charge in [0, 0.05) is 34.3 Å². The van der Waals surface area contributed by atoms with Gasteiger partial charge in [0.05, 0.1) is 18.3 Å². The van der Waals surface area contributed by atoms with Crippen LogP contribution in [-0.4, -0.2) is 83.9 Å². The SMILES string of the molecule is CN(C)CCC(OB(OC(CCN(C)C)c1cccs1)OC(CCN(C)C)c1cccs1)c1cccs1. The molecule has 37 heavy (non-hydrogen) atoms. The van der Waals surface area contributed by atoms with E-state index in [9.17, 15) is 0 Å². The van der Waals surface area contributed by atoms with Crippen molar-refractivity contribution in [1.82, 2.24) is 14.7 Å². The van der Waals surface area contributed by atoms with E-state index in [-0.39, 0.29) is 18.3 Å². The summed E-state index contributed by atoms with van der Waals surface area (Å²) in [5, 5.41) is 6.32. The lowest BCUT2D eigenvalue weighted by Gasteiger charge is -2.29. The number of hydrogen-bond acceptors (Lipinski definition) is 9. The second-order valence-corrected chi connectivity index (χ2v) is 12.9. The van der Waals surface area contributed by atoms with Crippen LogP contribution in [0.3, 0.4) is 0 Å². The van der Waals surface area contributed by atoms with Crippen molar-refractivity contribution in [2.45, 2.75) is 37.6 Å². The molecule has 0 spiro atoms. The van der Waals surface area contributed by atoms with Gasteiger partial charge in [0.25, 0.3) is 0 Å². The van der Waals surface area contributed by atoms with Crippen LogP contribution in [0.5, 0.6) is 0 Å². The average molecular weight is 564 g/mol. The van der Waals surface area contributed by atoms with Gasteiger partial charge in [0.2, 0.25) is 0 Å². The van der Waals surface area contributed by atoms with Gasteiger partial charge in [-0.2, -0.15) is 0 Å². The zero-order valence-corrected chi connectivity index (χ0v) is 25.5. The molecule has 3 heterocycles. The molecular formula is C27H42BN3O3S3. The Balaban J connectivity index is 1.87. The molecule has 0 bridgehead atoms. The Kier molecular flexibility index (Phi) is 13.3. The fourth-order valence-corrected chi connectivity index (χ4v) is 6.27. The first kappa shape index (κ1) is 30.5. The smallest absolute Gasteiger partial charge is 0.378 e. The molecule has 10 heteroatoms. The fraction of sp³-hybridized carbons (Fsp3) is 0.556. The zero-order chi connectivity index (χ0) is 26.6. The lowest BCUT2D eigenvalue weighted by atomic mass is 10.1. The number of nitrogens with zero attached hydrogens (tertiary/aromatic N) is 3. The molecule has 6 nitrogen and oxygen atoms in total. The van der Waals surface area contributed by atoms with Crippen LogP contribution in [0.1, 0.15) is 52.2 Å². The third kappa shape index (κ3) is 10.9. The third-order valence-corrected chi connectivity index (χ3v) is 8.82. The van der Waals surface area contributed by atoms with Crippen LogP contribution in [0.2, 0.25) is 0 Å². The molecule has 0 fully saturated rings. The summed E-state index contributed by atoms with van der Waals surface area (Å²) in [4.78, 5) is 10.2. The quantitative estimate of drug-likeness (QED) is 0.170. The summed E-state index contributed by atoms with van der Waals surface area (Å²) < 4.78 is 20.2. The van der Waals surface area contributed by atoms with Crippen molar-refractivity contribution in [3.63, 3.8) is 0 Å². The summed E-state index contributed by atoms with van der Waals surface area (Å²) in [5.41, 5.74) is 0. The summed E-state index contributed by atoms with van der Waals surface area (Å²) in [6.07, 6.45) is 2.26. The molecular weight excluding hydrogens is 521 g/mol. The molecule has 3 atom stereocenters. The molecule has 0 saturated heterocycles. The van der Waals surface area contributed by atoms with Crippen molar-refractivity contribution in [3.05, 3.63) is 67.2 Å². The van der Waals surface area contributed by atoms with Gasteiger partial charge >= 0.3 is 7.32 Å². The van der Waals surface area contributed by atoms with Gasteiger partial charge in [-0.25, -0.2) is 0 Å². The van der Waals surface area contributed by atoms with Crippen LogP contribution < -0.4 is 0 Å². The van der Waals surface area contributed by atoms with Crippen molar-refractivity contribution in [2.75, 3.05) is 61.9 Å². The highest BCUT2D eigenvalue weighted by Gasteiger charge is 2.35. The van der Waals surface area contributed by atoms with Crippen LogP contribution in [0.4, 0.5) is 0 Å². The van der Waals surface area contributed by atoms with E-state index in [1.807, 2.05) is 0 Å². The predicted molar refractivity (Wildman–Crippen MR) is 160 cm³/mol. The monoisotopic (exact) mass is 563 g/mol. The summed E-state index contributed by atoms with van der Waals surface area (Å²) in [6, 6.07) is 12.7. The molecule has 3 rings (SSSR count). The fourth-order valence-electron chi connectivity index (χ4n) is 3.88. The lowest BCUT2D eigenvalue weighted by Crippen LogP contribution is -2.34. The van der Waals surface area contributed by atoms with Crippen molar-refractivity contribution < 1.29 is 14.0 Å². The molecule has 0 saturated carbocycles. The Morgan fingerprint density at radius 1 is 0.568 bits per heavy atom. The van der Waals surface area contributed by atoms with Gasteiger partial charge in [0.1, 0.15) is 0 Å². The summed E-state index contributed by atoms with van der Waals surface area (Å²) in [7, 11) is 11.8. The van der Waals surface area contributed by atoms with Crippen LogP contribution >= 0.6 is 34.0 Å². The number of hydrogen-bond donors (Lipinski definition) is 0. The highest BCUT2D eigenvalue weighted by Crippen LogP contribution is 2.34. The summed E-state index contributed by atoms with van der Waals surface area (Å²) >= 11 is 5.17. The van der Waals surface area contributed by atoms with Crippen molar-refractivity contribution in [2.24, 2.45) is 0 Å². The van der Waals surface area contributed by atoms with E-state index in [1.54, 1.807) is 34.0 Å². The van der Waals surface area contributed by atoms with E-state index in [4.69, 9.17) is 14.0 Å². The minimum absolute atomic E-state index is 0.108. The molecule has 204 valence electrons. The second-order valence-electron chi connectivity index (χ2n) is 9.98. The van der Waals surface area contributed by atoms with Crippen LogP contribution in [-0.2, 0) is 14.0 Å². The molecule has 0 aliphatic carbocycles. The molecule has 0 aliphatic heterocycles. The standard InChI is InChI=1S/C27H42BN3O3S3/c1-29(2)16-13-22(25-10-7-19-35-25)32-28(33-23(14-17-30(3)4)26-11-8-20-36-26)34-24(15-18-31(5)6)27-12-9-21-37-27/h7-12,19-24H,13-18H2,1-6H3. The maximum Gasteiger partial charge on any atom is 0.640 e. The molecule has 0 radical (unpaired) electrons. The van der Waals surface area contributed by atoms with E-state index in [1.165, 1.54) is 14.6 Å². The van der Waals surface area contributed by atoms with Gasteiger partial charge in [-0.05, 0) is 95.9 Å². The van der Waals surface area contributed by atoms with E-state index in [2.05, 4.69) is 110 Å². The van der Waals surface area contributed by atoms with Gasteiger partial charge in [0.15, 0.2) is 0 Å². The first-order valence-corrected chi connectivity index (χ1v) is 15.5. The molecule has 3 unspecified atom stereocenters. The highest BCUT2D eigenvalue weighted by molar-refractivity contribution is 7.10. The topological polar surface area (TPSA) is 37.4 Å². The van der Waals surface area contributed by atoms with Gasteiger partial charge in [-0.15, -0.1) is 34.0 Å². The van der Waals surface area contributed by atoms with Crippen molar-refractivity contribution in [1.29, 1.82) is 0 Å². The average Bonchev–Trinajstić information content (AvgIpc) is 3.64. The van der Waals surface area contributed by atoms with E-state index in [0.717, 1.165) is 38.9 Å². The van der Waals surface area contributed by atoms with Gasteiger partial charge < -0.3 is 28.7 Å². The summed E-state index contributed by atoms with van der Waals surface area (Å²) in [5.74, 6) is 0. The summed E-state index contributed by atoms with van der Waals surface area (Å²) in [6.45, 7) is 2.75. The zero-order valence-electron chi connectivity index (χ0n) is 23.0. The van der Waals surface area contributed by atoms with Crippen LogP contribution in [0.15, 0.2) is 52.5 Å². The van der Waals surface area contributed by atoms with Gasteiger partial charge in [-0.3, -0.25) is 0 Å². The second kappa shape index (κ2) is 16.1. The maximum absolute atomic E-state index is 6.74. The molecule has 0 aromatic carbocycles. The predicted octanol–water partition coefficient (Wildman–Crippen LogP) is 6.28. The Bertz CT molecular complexity index is 829. The molecule has 0 amide bonds. The Morgan fingerprint density at radius 2 is 0.865 bits per heavy atom. The van der Waals surface area contributed by atoms with Crippen molar-refractivity contribution in [3.8, 4) is 0 Å². The first-order chi connectivity index (χ1) is 17.8. The molecule has 3 aromatic rings.